The lowest BCUT2D eigenvalue weighted by Crippen LogP contribution is -2.19. The van der Waals surface area contributed by atoms with Gasteiger partial charge in [0.05, 0.1) is 4.92 Å². The highest BCUT2D eigenvalue weighted by molar-refractivity contribution is 5.39. The Bertz CT molecular complexity index is 1370. The average Bonchev–Trinajstić information content (AvgIpc) is 2.89. The number of rotatable bonds is 11. The number of hydrogen-bond donors (Lipinski definition) is 0. The van der Waals surface area contributed by atoms with Crippen molar-refractivity contribution in [2.24, 2.45) is 10.8 Å². The van der Waals surface area contributed by atoms with E-state index >= 15 is 0 Å². The molecule has 232 valence electrons. The van der Waals surface area contributed by atoms with Gasteiger partial charge in [-0.15, -0.1) is 0 Å². The molecule has 0 unspecified atom stereocenters. The quantitative estimate of drug-likeness (QED) is 0.138. The fraction of sp³-hybridized carbons (Fsp3) is 0.450. The predicted octanol–water partition coefficient (Wildman–Crippen LogP) is 12.2. The smallest absolute Gasteiger partial charge is 0.258 e. The SMILES string of the molecule is CC1=C(/C=C/C(C)=C/C=C/C(C)=C\C=C(\C=C(C)\C=C\C=C(C)\C=C\C2=C(C)CCCC2(C)C)[N+](=O)[O-])C(C)(C)CCC1. The highest BCUT2D eigenvalue weighted by atomic mass is 16.6. The van der Waals surface area contributed by atoms with Gasteiger partial charge in [-0.25, -0.2) is 0 Å². The molecule has 0 N–H and O–H groups in total. The van der Waals surface area contributed by atoms with Crippen LogP contribution >= 0.6 is 0 Å². The zero-order chi connectivity index (χ0) is 32.2. The van der Waals surface area contributed by atoms with Gasteiger partial charge in [-0.2, -0.15) is 0 Å². The van der Waals surface area contributed by atoms with Crippen LogP contribution in [0.4, 0.5) is 0 Å². The molecular formula is C40H55NO2. The Hall–Kier alpha value is -3.46. The van der Waals surface area contributed by atoms with E-state index in [0.717, 1.165) is 16.7 Å². The Kier molecular flexibility index (Phi) is 13.6. The summed E-state index contributed by atoms with van der Waals surface area (Å²) in [6.45, 7) is 21.8. The lowest BCUT2D eigenvalue weighted by atomic mass is 9.72. The second kappa shape index (κ2) is 16.4. The molecule has 0 heterocycles. The summed E-state index contributed by atoms with van der Waals surface area (Å²) in [5.41, 5.74) is 10.5. The van der Waals surface area contributed by atoms with E-state index in [4.69, 9.17) is 0 Å². The maximum atomic E-state index is 11.7. The molecule has 0 amide bonds. The van der Waals surface area contributed by atoms with E-state index in [1.807, 2.05) is 44.2 Å². The highest BCUT2D eigenvalue weighted by Gasteiger charge is 2.27. The van der Waals surface area contributed by atoms with Crippen LogP contribution in [0, 0.1) is 20.9 Å². The molecule has 2 rings (SSSR count). The summed E-state index contributed by atoms with van der Waals surface area (Å²) >= 11 is 0. The minimum Gasteiger partial charge on any atom is -0.258 e. The molecule has 0 spiro atoms. The molecule has 0 atom stereocenters. The molecule has 0 saturated heterocycles. The third-order valence-electron chi connectivity index (χ3n) is 8.65. The molecule has 3 heteroatoms. The molecule has 0 aromatic carbocycles. The standard InChI is InChI=1S/C40H55NO2/c1-30(15-11-16-31(2)22-25-37-34(5)19-13-27-39(37,7)8)21-24-36(41(42)43)29-33(4)18-12-17-32(3)23-26-38-35(6)20-14-28-40(38,9)10/h11-12,15-18,21-26,29H,13-14,19-20,27-28H2,1-10H3/b15-11+,18-12+,25-22+,26-23+,30-21-,31-16+,32-17+,33-29+,36-24-. The largest absolute Gasteiger partial charge is 0.269 e. The molecule has 0 radical (unpaired) electrons. The van der Waals surface area contributed by atoms with E-state index in [0.29, 0.717) is 0 Å². The molecule has 0 saturated carbocycles. The normalized spacial score (nSPS) is 21.4. The van der Waals surface area contributed by atoms with Crippen molar-refractivity contribution in [1.29, 1.82) is 0 Å². The highest BCUT2D eigenvalue weighted by Crippen LogP contribution is 2.41. The molecule has 0 aliphatic heterocycles. The summed E-state index contributed by atoms with van der Waals surface area (Å²) in [6, 6.07) is 0. The Morgan fingerprint density at radius 2 is 1.07 bits per heavy atom. The van der Waals surface area contributed by atoms with Crippen LogP contribution in [0.15, 0.2) is 129 Å². The monoisotopic (exact) mass is 581 g/mol. The van der Waals surface area contributed by atoms with Gasteiger partial charge in [0.25, 0.3) is 5.70 Å². The lowest BCUT2D eigenvalue weighted by Gasteiger charge is -2.33. The van der Waals surface area contributed by atoms with Gasteiger partial charge in [0.1, 0.15) is 0 Å². The first-order valence-electron chi connectivity index (χ1n) is 15.8. The van der Waals surface area contributed by atoms with Gasteiger partial charge in [0.15, 0.2) is 0 Å². The van der Waals surface area contributed by atoms with E-state index in [-0.39, 0.29) is 21.5 Å². The molecule has 3 nitrogen and oxygen atoms in total. The topological polar surface area (TPSA) is 43.1 Å². The van der Waals surface area contributed by atoms with E-state index in [2.05, 4.69) is 85.8 Å². The number of nitro groups is 1. The zero-order valence-electron chi connectivity index (χ0n) is 28.5. The molecule has 2 aliphatic rings. The fourth-order valence-electron chi connectivity index (χ4n) is 5.98. The summed E-state index contributed by atoms with van der Waals surface area (Å²) in [5, 5.41) is 11.7. The Morgan fingerprint density at radius 1 is 0.651 bits per heavy atom. The number of hydrogen-bond acceptors (Lipinski definition) is 2. The maximum absolute atomic E-state index is 11.7. The van der Waals surface area contributed by atoms with Crippen molar-refractivity contribution in [3.63, 3.8) is 0 Å². The number of nitrogens with zero attached hydrogens (tertiary/aromatic N) is 1. The lowest BCUT2D eigenvalue weighted by molar-refractivity contribution is -0.419. The van der Waals surface area contributed by atoms with Gasteiger partial charge >= 0.3 is 0 Å². The van der Waals surface area contributed by atoms with Crippen LogP contribution < -0.4 is 0 Å². The van der Waals surface area contributed by atoms with Crippen molar-refractivity contribution in [1.82, 2.24) is 0 Å². The molecule has 0 fully saturated rings. The van der Waals surface area contributed by atoms with Crippen LogP contribution in [0.2, 0.25) is 0 Å². The van der Waals surface area contributed by atoms with Gasteiger partial charge < -0.3 is 0 Å². The van der Waals surface area contributed by atoms with Gasteiger partial charge in [-0.05, 0) is 108 Å². The summed E-state index contributed by atoms with van der Waals surface area (Å²) < 4.78 is 0. The minimum atomic E-state index is -0.338. The van der Waals surface area contributed by atoms with Gasteiger partial charge in [0.2, 0.25) is 0 Å². The molecule has 0 bridgehead atoms. The van der Waals surface area contributed by atoms with Crippen molar-refractivity contribution >= 4 is 0 Å². The van der Waals surface area contributed by atoms with Crippen LogP contribution in [0.25, 0.3) is 0 Å². The van der Waals surface area contributed by atoms with Crippen molar-refractivity contribution in [3.8, 4) is 0 Å². The zero-order valence-corrected chi connectivity index (χ0v) is 28.5. The predicted molar refractivity (Wildman–Crippen MR) is 187 cm³/mol. The number of allylic oxidation sites excluding steroid dienone is 21. The first kappa shape index (κ1) is 35.7. The van der Waals surface area contributed by atoms with Crippen LogP contribution in [0.1, 0.15) is 108 Å². The second-order valence-electron chi connectivity index (χ2n) is 13.7. The van der Waals surface area contributed by atoms with E-state index in [1.54, 1.807) is 18.2 Å². The first-order valence-corrected chi connectivity index (χ1v) is 15.8. The molecule has 2 aliphatic carbocycles. The Labute approximate surface area is 262 Å². The fourth-order valence-corrected chi connectivity index (χ4v) is 5.98. The summed E-state index contributed by atoms with van der Waals surface area (Å²) in [5.74, 6) is 0. The molecule has 0 aromatic rings. The van der Waals surface area contributed by atoms with Crippen molar-refractivity contribution in [2.75, 3.05) is 0 Å². The van der Waals surface area contributed by atoms with E-state index in [9.17, 15) is 10.1 Å². The molecular weight excluding hydrogens is 526 g/mol. The van der Waals surface area contributed by atoms with Crippen molar-refractivity contribution < 1.29 is 4.92 Å². The van der Waals surface area contributed by atoms with Crippen LogP contribution in [0.5, 0.6) is 0 Å². The Balaban J connectivity index is 2.06. The second-order valence-corrected chi connectivity index (χ2v) is 13.7. The Morgan fingerprint density at radius 3 is 1.49 bits per heavy atom. The maximum Gasteiger partial charge on any atom is 0.269 e. The van der Waals surface area contributed by atoms with Crippen LogP contribution in [-0.2, 0) is 0 Å². The van der Waals surface area contributed by atoms with Crippen molar-refractivity contribution in [3.05, 3.63) is 139 Å². The van der Waals surface area contributed by atoms with Crippen LogP contribution in [0.3, 0.4) is 0 Å². The first-order chi connectivity index (χ1) is 20.1. The third kappa shape index (κ3) is 12.0. The average molecular weight is 582 g/mol. The summed E-state index contributed by atoms with van der Waals surface area (Å²) in [4.78, 5) is 11.4. The molecule has 43 heavy (non-hydrogen) atoms. The molecule has 0 aromatic heterocycles. The summed E-state index contributed by atoms with van der Waals surface area (Å²) in [7, 11) is 0. The van der Waals surface area contributed by atoms with Gasteiger partial charge in [-0.1, -0.05) is 122 Å². The van der Waals surface area contributed by atoms with Gasteiger partial charge in [0, 0.05) is 12.2 Å². The van der Waals surface area contributed by atoms with E-state index in [1.165, 1.54) is 66.4 Å². The third-order valence-corrected chi connectivity index (χ3v) is 8.65. The summed E-state index contributed by atoms with van der Waals surface area (Å²) in [6.07, 6.45) is 33.2. The van der Waals surface area contributed by atoms with Gasteiger partial charge in [-0.3, -0.25) is 10.1 Å². The van der Waals surface area contributed by atoms with Crippen LogP contribution in [-0.4, -0.2) is 4.92 Å². The van der Waals surface area contributed by atoms with Crippen molar-refractivity contribution in [2.45, 2.75) is 108 Å². The van der Waals surface area contributed by atoms with E-state index < -0.39 is 0 Å². The minimum absolute atomic E-state index is 0.0610.